The van der Waals surface area contributed by atoms with Crippen LogP contribution < -0.4 is 16.0 Å². The smallest absolute Gasteiger partial charge is 0.131 e. The molecule has 1 unspecified atom stereocenters. The van der Waals surface area contributed by atoms with Gasteiger partial charge in [-0.15, -0.1) is 0 Å². The van der Waals surface area contributed by atoms with Crippen molar-refractivity contribution in [2.75, 3.05) is 7.11 Å². The molecule has 0 aliphatic carbocycles. The maximum absolute atomic E-state index is 14.1. The van der Waals surface area contributed by atoms with Crippen LogP contribution in [-0.4, -0.2) is 7.11 Å². The highest BCUT2D eigenvalue weighted by Gasteiger charge is 2.19. The summed E-state index contributed by atoms with van der Waals surface area (Å²) in [6.45, 7) is 0. The Kier molecular flexibility index (Phi) is 5.12. The SMILES string of the molecule is COc1ccc(C(Cc2c(F)cccc2Cl)NN)c(F)c1. The second-order valence-electron chi connectivity index (χ2n) is 4.51. The molecular formula is C15H15ClF2N2O. The van der Waals surface area contributed by atoms with Gasteiger partial charge in [-0.3, -0.25) is 11.3 Å². The molecule has 0 amide bonds. The first-order valence-electron chi connectivity index (χ1n) is 6.29. The topological polar surface area (TPSA) is 47.3 Å². The molecule has 21 heavy (non-hydrogen) atoms. The monoisotopic (exact) mass is 312 g/mol. The summed E-state index contributed by atoms with van der Waals surface area (Å²) >= 11 is 5.98. The zero-order chi connectivity index (χ0) is 15.4. The molecule has 3 nitrogen and oxygen atoms in total. The van der Waals surface area contributed by atoms with Crippen molar-refractivity contribution < 1.29 is 13.5 Å². The zero-order valence-electron chi connectivity index (χ0n) is 11.4. The van der Waals surface area contributed by atoms with Gasteiger partial charge in [0.15, 0.2) is 0 Å². The fourth-order valence-electron chi connectivity index (χ4n) is 2.11. The van der Waals surface area contributed by atoms with Crippen LogP contribution in [0.5, 0.6) is 5.75 Å². The molecule has 0 saturated carbocycles. The third kappa shape index (κ3) is 3.50. The molecule has 112 valence electrons. The Morgan fingerprint density at radius 1 is 1.24 bits per heavy atom. The molecule has 0 radical (unpaired) electrons. The van der Waals surface area contributed by atoms with E-state index in [1.807, 2.05) is 0 Å². The minimum atomic E-state index is -0.606. The van der Waals surface area contributed by atoms with Crippen LogP contribution in [0.25, 0.3) is 0 Å². The first-order chi connectivity index (χ1) is 10.1. The third-order valence-electron chi connectivity index (χ3n) is 3.25. The highest BCUT2D eigenvalue weighted by atomic mass is 35.5. The molecule has 1 atom stereocenters. The average molecular weight is 313 g/mol. The van der Waals surface area contributed by atoms with Crippen LogP contribution >= 0.6 is 11.6 Å². The van der Waals surface area contributed by atoms with Crippen molar-refractivity contribution in [2.45, 2.75) is 12.5 Å². The summed E-state index contributed by atoms with van der Waals surface area (Å²) in [5.74, 6) is 4.95. The molecule has 3 N–H and O–H groups in total. The molecule has 0 bridgehead atoms. The van der Waals surface area contributed by atoms with Gasteiger partial charge < -0.3 is 4.74 Å². The molecular weight excluding hydrogens is 298 g/mol. The Bertz CT molecular complexity index is 617. The lowest BCUT2D eigenvalue weighted by Crippen LogP contribution is -2.30. The standard InChI is InChI=1S/C15H15ClF2N2O/c1-21-9-5-6-10(14(18)7-9)15(20-19)8-11-12(16)3-2-4-13(11)17/h2-7,15,20H,8,19H2,1H3. The van der Waals surface area contributed by atoms with Crippen LogP contribution in [0.15, 0.2) is 36.4 Å². The second kappa shape index (κ2) is 6.85. The van der Waals surface area contributed by atoms with Crippen molar-refractivity contribution >= 4 is 11.6 Å². The molecule has 0 heterocycles. The number of benzene rings is 2. The van der Waals surface area contributed by atoms with E-state index in [1.54, 1.807) is 18.2 Å². The molecule has 6 heteroatoms. The molecule has 0 aromatic heterocycles. The number of hydrazine groups is 1. The summed E-state index contributed by atoms with van der Waals surface area (Å²) in [7, 11) is 1.45. The van der Waals surface area contributed by atoms with Gasteiger partial charge in [0, 0.05) is 22.2 Å². The Morgan fingerprint density at radius 3 is 2.57 bits per heavy atom. The molecule has 2 aromatic carbocycles. The Hall–Kier alpha value is -1.69. The Balaban J connectivity index is 2.32. The largest absolute Gasteiger partial charge is 0.497 e. The van der Waals surface area contributed by atoms with Gasteiger partial charge in [0.2, 0.25) is 0 Å². The highest BCUT2D eigenvalue weighted by Crippen LogP contribution is 2.28. The van der Waals surface area contributed by atoms with Crippen LogP contribution in [0.4, 0.5) is 8.78 Å². The zero-order valence-corrected chi connectivity index (χ0v) is 12.1. The number of methoxy groups -OCH3 is 1. The van der Waals surface area contributed by atoms with E-state index in [0.717, 1.165) is 0 Å². The average Bonchev–Trinajstić information content (AvgIpc) is 2.47. The summed E-state index contributed by atoms with van der Waals surface area (Å²) < 4.78 is 32.8. The summed E-state index contributed by atoms with van der Waals surface area (Å²) in [5.41, 5.74) is 3.10. The summed E-state index contributed by atoms with van der Waals surface area (Å²) in [6.07, 6.45) is 0.130. The number of hydrogen-bond acceptors (Lipinski definition) is 3. The Labute approximate surface area is 126 Å². The number of nitrogens with one attached hydrogen (secondary N) is 1. The maximum Gasteiger partial charge on any atom is 0.131 e. The molecule has 2 rings (SSSR count). The van der Waals surface area contributed by atoms with E-state index in [0.29, 0.717) is 11.3 Å². The molecule has 0 aliphatic heterocycles. The second-order valence-corrected chi connectivity index (χ2v) is 4.92. The lowest BCUT2D eigenvalue weighted by molar-refractivity contribution is 0.409. The van der Waals surface area contributed by atoms with Gasteiger partial charge in [0.1, 0.15) is 17.4 Å². The van der Waals surface area contributed by atoms with Crippen molar-refractivity contribution in [3.8, 4) is 5.75 Å². The van der Waals surface area contributed by atoms with E-state index in [9.17, 15) is 8.78 Å². The predicted octanol–water partition coefficient (Wildman–Crippen LogP) is 3.37. The van der Waals surface area contributed by atoms with E-state index in [2.05, 4.69) is 5.43 Å². The Morgan fingerprint density at radius 2 is 2.00 bits per heavy atom. The summed E-state index contributed by atoms with van der Waals surface area (Å²) in [6, 6.07) is 8.21. The van der Waals surface area contributed by atoms with Crippen LogP contribution in [0.1, 0.15) is 17.2 Å². The minimum absolute atomic E-state index is 0.130. The van der Waals surface area contributed by atoms with Gasteiger partial charge in [0.25, 0.3) is 0 Å². The van der Waals surface area contributed by atoms with Crippen molar-refractivity contribution in [2.24, 2.45) is 5.84 Å². The number of rotatable bonds is 5. The first kappa shape index (κ1) is 15.7. The lowest BCUT2D eigenvalue weighted by Gasteiger charge is -2.18. The van der Waals surface area contributed by atoms with Gasteiger partial charge in [-0.2, -0.15) is 0 Å². The molecule has 2 aromatic rings. The molecule has 0 saturated heterocycles. The van der Waals surface area contributed by atoms with Crippen LogP contribution in [0, 0.1) is 11.6 Å². The fourth-order valence-corrected chi connectivity index (χ4v) is 2.35. The lowest BCUT2D eigenvalue weighted by atomic mass is 9.98. The number of nitrogens with two attached hydrogens (primary N) is 1. The minimum Gasteiger partial charge on any atom is -0.497 e. The normalized spacial score (nSPS) is 12.2. The summed E-state index contributed by atoms with van der Waals surface area (Å²) in [5, 5.41) is 0.282. The quantitative estimate of drug-likeness (QED) is 0.657. The van der Waals surface area contributed by atoms with E-state index >= 15 is 0 Å². The first-order valence-corrected chi connectivity index (χ1v) is 6.67. The van der Waals surface area contributed by atoms with Gasteiger partial charge in [-0.1, -0.05) is 23.7 Å². The highest BCUT2D eigenvalue weighted by molar-refractivity contribution is 6.31. The van der Waals surface area contributed by atoms with Gasteiger partial charge in [0.05, 0.1) is 13.2 Å². The van der Waals surface area contributed by atoms with Crippen molar-refractivity contribution in [3.63, 3.8) is 0 Å². The van der Waals surface area contributed by atoms with Crippen LogP contribution in [0.2, 0.25) is 5.02 Å². The van der Waals surface area contributed by atoms with Gasteiger partial charge in [-0.25, -0.2) is 8.78 Å². The third-order valence-corrected chi connectivity index (χ3v) is 3.61. The fraction of sp³-hybridized carbons (Fsp3) is 0.200. The van der Waals surface area contributed by atoms with Crippen molar-refractivity contribution in [1.29, 1.82) is 0 Å². The van der Waals surface area contributed by atoms with E-state index < -0.39 is 17.7 Å². The maximum atomic E-state index is 14.1. The van der Waals surface area contributed by atoms with Crippen molar-refractivity contribution in [1.82, 2.24) is 5.43 Å². The van der Waals surface area contributed by atoms with E-state index in [1.165, 1.54) is 25.3 Å². The predicted molar refractivity (Wildman–Crippen MR) is 78.1 cm³/mol. The van der Waals surface area contributed by atoms with Crippen molar-refractivity contribution in [3.05, 3.63) is 64.2 Å². The van der Waals surface area contributed by atoms with Gasteiger partial charge in [-0.05, 0) is 24.6 Å². The van der Waals surface area contributed by atoms with E-state index in [4.69, 9.17) is 22.2 Å². The van der Waals surface area contributed by atoms with Gasteiger partial charge >= 0.3 is 0 Å². The molecule has 0 fully saturated rings. The number of ether oxygens (including phenoxy) is 1. The van der Waals surface area contributed by atoms with E-state index in [-0.39, 0.29) is 17.0 Å². The number of halogens is 3. The van der Waals surface area contributed by atoms with Crippen LogP contribution in [0.3, 0.4) is 0 Å². The molecule has 0 spiro atoms. The molecule has 0 aliphatic rings. The number of hydrogen-bond donors (Lipinski definition) is 2. The van der Waals surface area contributed by atoms with Crippen LogP contribution in [-0.2, 0) is 6.42 Å². The summed E-state index contributed by atoms with van der Waals surface area (Å²) in [4.78, 5) is 0.